The molecule has 0 aromatic heterocycles. The zero-order valence-corrected chi connectivity index (χ0v) is 5.08. The number of hydrogen-bond acceptors (Lipinski definition) is 1. The minimum atomic E-state index is -0.542. The van der Waals surface area contributed by atoms with Crippen LogP contribution in [-0.2, 0) is 0 Å². The zero-order valence-electron chi connectivity index (χ0n) is 5.08. The molecule has 0 radical (unpaired) electrons. The fourth-order valence-electron chi connectivity index (χ4n) is 0. The third kappa shape index (κ3) is 10.7. The quantitative estimate of drug-likeness (QED) is 0.195. The summed E-state index contributed by atoms with van der Waals surface area (Å²) in [6.45, 7) is 3.44. The Morgan fingerprint density at radius 1 is 1.57 bits per heavy atom. The standard InChI is InChI=1S/C5H8N.Li/c1-4-5(2,3)6;/h6H2,2-3H3;/q-1;+1. The number of rotatable bonds is 0. The maximum atomic E-state index is 6.48. The first kappa shape index (κ1) is 10.2. The van der Waals surface area contributed by atoms with Gasteiger partial charge in [-0.2, -0.15) is 0 Å². The Kier molecular flexibility index (Phi) is 4.59. The summed E-state index contributed by atoms with van der Waals surface area (Å²) in [6, 6.07) is 0. The molecular formula is C5H8LiN. The van der Waals surface area contributed by atoms with Crippen LogP contribution in [0.25, 0.3) is 0 Å². The number of nitrogens with two attached hydrogens (primary N) is 1. The van der Waals surface area contributed by atoms with E-state index in [0.29, 0.717) is 0 Å². The van der Waals surface area contributed by atoms with Gasteiger partial charge in [0.2, 0.25) is 0 Å². The molecule has 34 valence electrons. The molecular weight excluding hydrogens is 81.0 g/mol. The van der Waals surface area contributed by atoms with E-state index in [1.807, 2.05) is 0 Å². The molecule has 0 saturated heterocycles. The molecule has 0 atom stereocenters. The minimum Gasteiger partial charge on any atom is -0.692 e. The van der Waals surface area contributed by atoms with Crippen molar-refractivity contribution in [3.63, 3.8) is 0 Å². The topological polar surface area (TPSA) is 26.0 Å². The summed E-state index contributed by atoms with van der Waals surface area (Å²) in [5.74, 6) is 2.13. The van der Waals surface area contributed by atoms with Crippen molar-refractivity contribution in [2.24, 2.45) is 5.73 Å². The van der Waals surface area contributed by atoms with Crippen LogP contribution in [0.4, 0.5) is 0 Å². The summed E-state index contributed by atoms with van der Waals surface area (Å²) in [6.07, 6.45) is 6.48. The van der Waals surface area contributed by atoms with E-state index in [9.17, 15) is 0 Å². The maximum absolute atomic E-state index is 6.48. The van der Waals surface area contributed by atoms with Gasteiger partial charge in [-0.3, -0.25) is 0 Å². The zero-order chi connectivity index (χ0) is 5.21. The van der Waals surface area contributed by atoms with Crippen molar-refractivity contribution in [1.82, 2.24) is 0 Å². The fourth-order valence-corrected chi connectivity index (χ4v) is 0. The molecule has 1 nitrogen and oxygen atoms in total. The molecule has 0 aliphatic heterocycles. The van der Waals surface area contributed by atoms with Crippen molar-refractivity contribution in [2.75, 3.05) is 0 Å². The van der Waals surface area contributed by atoms with Gasteiger partial charge in [0.25, 0.3) is 0 Å². The molecule has 2 heteroatoms. The van der Waals surface area contributed by atoms with Crippen molar-refractivity contribution in [2.45, 2.75) is 19.4 Å². The van der Waals surface area contributed by atoms with Crippen LogP contribution in [0.2, 0.25) is 0 Å². The third-order valence-electron chi connectivity index (χ3n) is 0.322. The molecule has 0 saturated carbocycles. The molecule has 0 aliphatic rings. The largest absolute Gasteiger partial charge is 1.00 e. The van der Waals surface area contributed by atoms with E-state index in [1.165, 1.54) is 0 Å². The first-order valence-corrected chi connectivity index (χ1v) is 1.79. The molecule has 0 aromatic rings. The summed E-state index contributed by atoms with van der Waals surface area (Å²) in [5.41, 5.74) is 4.69. The van der Waals surface area contributed by atoms with Crippen molar-refractivity contribution < 1.29 is 18.9 Å². The second-order valence-corrected chi connectivity index (χ2v) is 1.85. The monoisotopic (exact) mass is 89.1 g/mol. The van der Waals surface area contributed by atoms with Gasteiger partial charge in [-0.05, 0) is 13.8 Å². The van der Waals surface area contributed by atoms with Gasteiger partial charge in [0.15, 0.2) is 0 Å². The van der Waals surface area contributed by atoms with Crippen LogP contribution in [0.15, 0.2) is 0 Å². The van der Waals surface area contributed by atoms with Crippen LogP contribution < -0.4 is 24.6 Å². The van der Waals surface area contributed by atoms with Gasteiger partial charge in [0.05, 0.1) is 0 Å². The smallest absolute Gasteiger partial charge is 0.692 e. The summed E-state index contributed by atoms with van der Waals surface area (Å²) >= 11 is 0. The molecule has 7 heavy (non-hydrogen) atoms. The maximum Gasteiger partial charge on any atom is 1.00 e. The molecule has 2 N–H and O–H groups in total. The average molecular weight is 89.1 g/mol. The van der Waals surface area contributed by atoms with E-state index in [4.69, 9.17) is 12.2 Å². The molecule has 0 bridgehead atoms. The first-order chi connectivity index (χ1) is 2.56. The van der Waals surface area contributed by atoms with E-state index in [2.05, 4.69) is 5.92 Å². The molecule has 0 amide bonds. The van der Waals surface area contributed by atoms with E-state index in [1.54, 1.807) is 13.8 Å². The van der Waals surface area contributed by atoms with Crippen molar-refractivity contribution in [3.05, 3.63) is 6.42 Å². The molecule has 0 aromatic carbocycles. The number of hydrogen-bond donors (Lipinski definition) is 1. The Morgan fingerprint density at radius 2 is 1.71 bits per heavy atom. The van der Waals surface area contributed by atoms with Crippen LogP contribution >= 0.6 is 0 Å². The molecule has 0 heterocycles. The Balaban J connectivity index is 0. The van der Waals surface area contributed by atoms with Gasteiger partial charge >= 0.3 is 18.9 Å². The van der Waals surface area contributed by atoms with E-state index < -0.39 is 5.54 Å². The van der Waals surface area contributed by atoms with Crippen LogP contribution in [0.1, 0.15) is 13.8 Å². The van der Waals surface area contributed by atoms with E-state index >= 15 is 0 Å². The summed E-state index contributed by atoms with van der Waals surface area (Å²) in [7, 11) is 0. The van der Waals surface area contributed by atoms with Crippen LogP contribution in [-0.4, -0.2) is 5.54 Å². The van der Waals surface area contributed by atoms with Crippen molar-refractivity contribution in [3.8, 4) is 5.92 Å². The molecule has 0 unspecified atom stereocenters. The second-order valence-electron chi connectivity index (χ2n) is 1.85. The van der Waals surface area contributed by atoms with Gasteiger partial charge in [-0.25, -0.2) is 0 Å². The predicted molar refractivity (Wildman–Crippen MR) is 25.4 cm³/mol. The van der Waals surface area contributed by atoms with E-state index in [0.717, 1.165) is 0 Å². The third-order valence-corrected chi connectivity index (χ3v) is 0.322. The van der Waals surface area contributed by atoms with Crippen LogP contribution in [0.5, 0.6) is 0 Å². The van der Waals surface area contributed by atoms with Crippen molar-refractivity contribution >= 4 is 0 Å². The summed E-state index contributed by atoms with van der Waals surface area (Å²) < 4.78 is 0. The Morgan fingerprint density at radius 3 is 1.71 bits per heavy atom. The Labute approximate surface area is 56.8 Å². The predicted octanol–water partition coefficient (Wildman–Crippen LogP) is -2.68. The van der Waals surface area contributed by atoms with Gasteiger partial charge in [0.1, 0.15) is 0 Å². The van der Waals surface area contributed by atoms with Crippen LogP contribution in [0, 0.1) is 12.3 Å². The first-order valence-electron chi connectivity index (χ1n) is 1.79. The Hall–Kier alpha value is 0.117. The van der Waals surface area contributed by atoms with Gasteiger partial charge < -0.3 is 18.1 Å². The van der Waals surface area contributed by atoms with Gasteiger partial charge in [-0.1, -0.05) is 0 Å². The van der Waals surface area contributed by atoms with E-state index in [-0.39, 0.29) is 18.9 Å². The normalized spacial score (nSPS) is 8.86. The molecule has 0 aliphatic carbocycles. The summed E-state index contributed by atoms with van der Waals surface area (Å²) in [5, 5.41) is 0. The average Bonchev–Trinajstić information content (AvgIpc) is 1.35. The van der Waals surface area contributed by atoms with Crippen LogP contribution in [0.3, 0.4) is 0 Å². The van der Waals surface area contributed by atoms with Crippen molar-refractivity contribution in [1.29, 1.82) is 0 Å². The molecule has 0 spiro atoms. The summed E-state index contributed by atoms with van der Waals surface area (Å²) in [4.78, 5) is 0. The Bertz CT molecular complexity index is 75.1. The second kappa shape index (κ2) is 3.16. The molecule has 0 rings (SSSR count). The fraction of sp³-hybridized carbons (Fsp3) is 0.600. The van der Waals surface area contributed by atoms with Gasteiger partial charge in [-0.15, -0.1) is 0 Å². The molecule has 0 fully saturated rings. The van der Waals surface area contributed by atoms with Gasteiger partial charge in [0, 0.05) is 5.54 Å². The SMILES string of the molecule is [C-]#CC(C)(C)N.[Li+]. The minimum absolute atomic E-state index is 0.